The highest BCUT2D eigenvalue weighted by Gasteiger charge is 2.47. The number of carbonyl (C=O) groups excluding carboxylic acids is 1. The molecule has 4 heteroatoms. The number of nitrogens with two attached hydrogens (primary N) is 1. The molecule has 3 atom stereocenters. The van der Waals surface area contributed by atoms with Gasteiger partial charge in [0, 0.05) is 24.6 Å². The standard InChI is InChI=1S/C15H22N2O2/c1-15(2)11(16)9-12(15)17-14(18)13(19-3)10-7-5-4-6-8-10/h4-8,11-13H,9,16H2,1-3H3,(H,17,18). The molecular weight excluding hydrogens is 240 g/mol. The molecule has 1 saturated carbocycles. The minimum atomic E-state index is -0.561. The summed E-state index contributed by atoms with van der Waals surface area (Å²) in [6.07, 6.45) is 0.262. The predicted molar refractivity (Wildman–Crippen MR) is 74.5 cm³/mol. The lowest BCUT2D eigenvalue weighted by Gasteiger charge is -2.50. The number of nitrogens with one attached hydrogen (secondary N) is 1. The summed E-state index contributed by atoms with van der Waals surface area (Å²) in [6, 6.07) is 9.78. The molecule has 0 heterocycles. The molecule has 1 amide bonds. The van der Waals surface area contributed by atoms with Gasteiger partial charge in [-0.05, 0) is 12.0 Å². The average molecular weight is 262 g/mol. The van der Waals surface area contributed by atoms with Crippen LogP contribution in [0.1, 0.15) is 31.9 Å². The molecule has 0 bridgehead atoms. The quantitative estimate of drug-likeness (QED) is 0.866. The van der Waals surface area contributed by atoms with Crippen LogP contribution in [0, 0.1) is 5.41 Å². The first-order valence-electron chi connectivity index (χ1n) is 6.60. The van der Waals surface area contributed by atoms with Gasteiger partial charge in [0.15, 0.2) is 6.10 Å². The lowest BCUT2D eigenvalue weighted by Crippen LogP contribution is -2.64. The molecule has 0 radical (unpaired) electrons. The van der Waals surface area contributed by atoms with Gasteiger partial charge in [-0.15, -0.1) is 0 Å². The third-order valence-electron chi connectivity index (χ3n) is 4.24. The SMILES string of the molecule is COC(C(=O)NC1CC(N)C1(C)C)c1ccccc1. The van der Waals surface area contributed by atoms with Crippen molar-refractivity contribution in [2.45, 2.75) is 38.5 Å². The van der Waals surface area contributed by atoms with Crippen LogP contribution in [0.3, 0.4) is 0 Å². The van der Waals surface area contributed by atoms with Crippen molar-refractivity contribution in [3.63, 3.8) is 0 Å². The molecule has 1 fully saturated rings. The molecule has 1 aliphatic carbocycles. The molecule has 0 saturated heterocycles. The van der Waals surface area contributed by atoms with Crippen molar-refractivity contribution < 1.29 is 9.53 Å². The second kappa shape index (κ2) is 5.31. The summed E-state index contributed by atoms with van der Waals surface area (Å²) >= 11 is 0. The molecule has 3 N–H and O–H groups in total. The summed E-state index contributed by atoms with van der Waals surface area (Å²) in [7, 11) is 1.55. The third kappa shape index (κ3) is 2.65. The molecule has 3 unspecified atom stereocenters. The highest BCUT2D eigenvalue weighted by atomic mass is 16.5. The van der Waals surface area contributed by atoms with Crippen LogP contribution in [0.4, 0.5) is 0 Å². The van der Waals surface area contributed by atoms with Crippen molar-refractivity contribution >= 4 is 5.91 Å². The molecular formula is C15H22N2O2. The van der Waals surface area contributed by atoms with Crippen LogP contribution in [0.2, 0.25) is 0 Å². The summed E-state index contributed by atoms with van der Waals surface area (Å²) in [4.78, 5) is 12.3. The second-order valence-corrected chi connectivity index (χ2v) is 5.75. The van der Waals surface area contributed by atoms with Crippen LogP contribution in [0.5, 0.6) is 0 Å². The van der Waals surface area contributed by atoms with E-state index in [-0.39, 0.29) is 23.4 Å². The summed E-state index contributed by atoms with van der Waals surface area (Å²) in [6.45, 7) is 4.16. The van der Waals surface area contributed by atoms with Crippen molar-refractivity contribution in [2.75, 3.05) is 7.11 Å². The van der Waals surface area contributed by atoms with Gasteiger partial charge in [-0.25, -0.2) is 0 Å². The van der Waals surface area contributed by atoms with E-state index in [2.05, 4.69) is 19.2 Å². The Labute approximate surface area is 114 Å². The van der Waals surface area contributed by atoms with Gasteiger partial charge < -0.3 is 15.8 Å². The van der Waals surface area contributed by atoms with Crippen LogP contribution < -0.4 is 11.1 Å². The Kier molecular flexibility index (Phi) is 3.92. The van der Waals surface area contributed by atoms with Gasteiger partial charge in [-0.2, -0.15) is 0 Å². The Hall–Kier alpha value is -1.39. The van der Waals surface area contributed by atoms with E-state index in [0.717, 1.165) is 12.0 Å². The van der Waals surface area contributed by atoms with E-state index in [4.69, 9.17) is 10.5 Å². The van der Waals surface area contributed by atoms with Gasteiger partial charge in [0.25, 0.3) is 5.91 Å². The zero-order valence-corrected chi connectivity index (χ0v) is 11.7. The van der Waals surface area contributed by atoms with Crippen LogP contribution in [0.15, 0.2) is 30.3 Å². The van der Waals surface area contributed by atoms with E-state index >= 15 is 0 Å². The van der Waals surface area contributed by atoms with Crippen molar-refractivity contribution in [1.82, 2.24) is 5.32 Å². The van der Waals surface area contributed by atoms with Gasteiger partial charge in [-0.1, -0.05) is 44.2 Å². The molecule has 2 rings (SSSR count). The lowest BCUT2D eigenvalue weighted by atomic mass is 9.63. The van der Waals surface area contributed by atoms with Crippen LogP contribution in [-0.2, 0) is 9.53 Å². The smallest absolute Gasteiger partial charge is 0.253 e. The number of carbonyl (C=O) groups is 1. The molecule has 1 aromatic carbocycles. The molecule has 1 aromatic rings. The van der Waals surface area contributed by atoms with E-state index < -0.39 is 6.10 Å². The number of hydrogen-bond acceptors (Lipinski definition) is 3. The van der Waals surface area contributed by atoms with Crippen molar-refractivity contribution in [3.05, 3.63) is 35.9 Å². The van der Waals surface area contributed by atoms with Gasteiger partial charge in [0.1, 0.15) is 0 Å². The lowest BCUT2D eigenvalue weighted by molar-refractivity contribution is -0.134. The zero-order chi connectivity index (χ0) is 14.0. The third-order valence-corrected chi connectivity index (χ3v) is 4.24. The number of rotatable bonds is 4. The fourth-order valence-corrected chi connectivity index (χ4v) is 2.47. The maximum absolute atomic E-state index is 12.3. The summed E-state index contributed by atoms with van der Waals surface area (Å²) < 4.78 is 5.32. The maximum Gasteiger partial charge on any atom is 0.253 e. The highest BCUT2D eigenvalue weighted by Crippen LogP contribution is 2.39. The second-order valence-electron chi connectivity index (χ2n) is 5.75. The topological polar surface area (TPSA) is 64.3 Å². The summed E-state index contributed by atoms with van der Waals surface area (Å²) in [5.74, 6) is -0.0984. The molecule has 1 aliphatic rings. The van der Waals surface area contributed by atoms with Crippen molar-refractivity contribution in [1.29, 1.82) is 0 Å². The molecule has 0 spiro atoms. The van der Waals surface area contributed by atoms with Crippen molar-refractivity contribution in [2.24, 2.45) is 11.1 Å². The van der Waals surface area contributed by atoms with Crippen LogP contribution in [-0.4, -0.2) is 25.1 Å². The first-order valence-corrected chi connectivity index (χ1v) is 6.60. The zero-order valence-electron chi connectivity index (χ0n) is 11.7. The first-order chi connectivity index (χ1) is 8.96. The summed E-state index contributed by atoms with van der Waals surface area (Å²) in [5, 5.41) is 3.04. The Morgan fingerprint density at radius 3 is 2.53 bits per heavy atom. The molecule has 104 valence electrons. The van der Waals surface area contributed by atoms with E-state index in [0.29, 0.717) is 0 Å². The molecule has 0 aromatic heterocycles. The Balaban J connectivity index is 2.03. The van der Waals surface area contributed by atoms with Gasteiger partial charge in [-0.3, -0.25) is 4.79 Å². The van der Waals surface area contributed by atoms with Crippen LogP contribution >= 0.6 is 0 Å². The Morgan fingerprint density at radius 2 is 2.05 bits per heavy atom. The number of benzene rings is 1. The van der Waals surface area contributed by atoms with Gasteiger partial charge >= 0.3 is 0 Å². The van der Waals surface area contributed by atoms with E-state index in [9.17, 15) is 4.79 Å². The predicted octanol–water partition coefficient (Wildman–Crippen LogP) is 1.62. The minimum absolute atomic E-state index is 0.0510. The maximum atomic E-state index is 12.3. The number of amides is 1. The highest BCUT2D eigenvalue weighted by molar-refractivity contribution is 5.82. The largest absolute Gasteiger partial charge is 0.367 e. The Bertz CT molecular complexity index is 445. The number of methoxy groups -OCH3 is 1. The van der Waals surface area contributed by atoms with E-state index in [1.165, 1.54) is 0 Å². The molecule has 0 aliphatic heterocycles. The minimum Gasteiger partial charge on any atom is -0.367 e. The van der Waals surface area contributed by atoms with E-state index in [1.807, 2.05) is 30.3 Å². The fourth-order valence-electron chi connectivity index (χ4n) is 2.47. The van der Waals surface area contributed by atoms with Crippen LogP contribution in [0.25, 0.3) is 0 Å². The van der Waals surface area contributed by atoms with Gasteiger partial charge in [0.2, 0.25) is 0 Å². The normalized spacial score (nSPS) is 26.3. The van der Waals surface area contributed by atoms with Gasteiger partial charge in [0.05, 0.1) is 0 Å². The molecule has 4 nitrogen and oxygen atoms in total. The summed E-state index contributed by atoms with van der Waals surface area (Å²) in [5.41, 5.74) is 6.77. The number of ether oxygens (including phenoxy) is 1. The van der Waals surface area contributed by atoms with Crippen molar-refractivity contribution in [3.8, 4) is 0 Å². The number of hydrogen-bond donors (Lipinski definition) is 2. The fraction of sp³-hybridized carbons (Fsp3) is 0.533. The van der Waals surface area contributed by atoms with E-state index in [1.54, 1.807) is 7.11 Å². The monoisotopic (exact) mass is 262 g/mol. The molecule has 19 heavy (non-hydrogen) atoms. The first kappa shape index (κ1) is 14.0. The average Bonchev–Trinajstić information content (AvgIpc) is 2.40. The Morgan fingerprint density at radius 1 is 1.42 bits per heavy atom.